The van der Waals surface area contributed by atoms with Crippen molar-refractivity contribution in [2.24, 2.45) is 11.8 Å². The van der Waals surface area contributed by atoms with Crippen molar-refractivity contribution in [3.63, 3.8) is 0 Å². The third kappa shape index (κ3) is 1.95. The molecule has 1 rings (SSSR count). The predicted octanol–water partition coefficient (Wildman–Crippen LogP) is -0.369. The van der Waals surface area contributed by atoms with Crippen LogP contribution in [0.15, 0.2) is 0 Å². The molecule has 12 heavy (non-hydrogen) atoms. The van der Waals surface area contributed by atoms with E-state index in [1.165, 1.54) is 0 Å². The Morgan fingerprint density at radius 2 is 2.33 bits per heavy atom. The minimum absolute atomic E-state index is 0.0265. The molecule has 0 spiro atoms. The Bertz CT molecular complexity index is 172. The Hall–Kier alpha value is -0.610. The Morgan fingerprint density at radius 1 is 1.67 bits per heavy atom. The Kier molecular flexibility index (Phi) is 3.05. The SMILES string of the molecule is CN1CCC(C(=O)O)C(CO)C1. The first-order chi connectivity index (χ1) is 5.65. The summed E-state index contributed by atoms with van der Waals surface area (Å²) in [6, 6.07) is 0. The van der Waals surface area contributed by atoms with E-state index in [2.05, 4.69) is 4.90 Å². The second-order valence-electron chi connectivity index (χ2n) is 3.44. The summed E-state index contributed by atoms with van der Waals surface area (Å²) in [4.78, 5) is 12.8. The zero-order valence-electron chi connectivity index (χ0n) is 7.23. The van der Waals surface area contributed by atoms with Crippen molar-refractivity contribution in [2.45, 2.75) is 6.42 Å². The van der Waals surface area contributed by atoms with Gasteiger partial charge in [0.2, 0.25) is 0 Å². The van der Waals surface area contributed by atoms with Crippen LogP contribution in [-0.4, -0.2) is 47.8 Å². The van der Waals surface area contributed by atoms with Crippen LogP contribution in [0, 0.1) is 11.8 Å². The maximum atomic E-state index is 10.7. The molecule has 0 bridgehead atoms. The van der Waals surface area contributed by atoms with Crippen LogP contribution in [-0.2, 0) is 4.79 Å². The molecule has 0 radical (unpaired) electrons. The quantitative estimate of drug-likeness (QED) is 0.598. The second-order valence-corrected chi connectivity index (χ2v) is 3.44. The van der Waals surface area contributed by atoms with Crippen molar-refractivity contribution in [1.29, 1.82) is 0 Å². The summed E-state index contributed by atoms with van der Waals surface area (Å²) in [5, 5.41) is 17.7. The van der Waals surface area contributed by atoms with Crippen LogP contribution in [0.25, 0.3) is 0 Å². The fraction of sp³-hybridized carbons (Fsp3) is 0.875. The van der Waals surface area contributed by atoms with Crippen LogP contribution >= 0.6 is 0 Å². The fourth-order valence-corrected chi connectivity index (χ4v) is 1.72. The molecule has 4 heteroatoms. The molecule has 70 valence electrons. The summed E-state index contributed by atoms with van der Waals surface area (Å²) >= 11 is 0. The number of carbonyl (C=O) groups is 1. The molecule has 0 amide bonds. The number of piperidine rings is 1. The van der Waals surface area contributed by atoms with Gasteiger partial charge in [0.05, 0.1) is 5.92 Å². The smallest absolute Gasteiger partial charge is 0.306 e. The monoisotopic (exact) mass is 173 g/mol. The van der Waals surface area contributed by atoms with Gasteiger partial charge in [0.1, 0.15) is 0 Å². The Balaban J connectivity index is 2.56. The second kappa shape index (κ2) is 3.87. The number of rotatable bonds is 2. The van der Waals surface area contributed by atoms with Crippen LogP contribution in [0.2, 0.25) is 0 Å². The lowest BCUT2D eigenvalue weighted by Crippen LogP contribution is -2.42. The predicted molar refractivity (Wildman–Crippen MR) is 43.8 cm³/mol. The van der Waals surface area contributed by atoms with E-state index in [1.54, 1.807) is 0 Å². The van der Waals surface area contributed by atoms with Crippen molar-refractivity contribution < 1.29 is 15.0 Å². The van der Waals surface area contributed by atoms with Gasteiger partial charge in [-0.3, -0.25) is 4.79 Å². The molecule has 2 unspecified atom stereocenters. The van der Waals surface area contributed by atoms with Crippen LogP contribution in [0.3, 0.4) is 0 Å². The average molecular weight is 173 g/mol. The maximum absolute atomic E-state index is 10.7. The first-order valence-corrected chi connectivity index (χ1v) is 4.17. The molecule has 0 aromatic carbocycles. The highest BCUT2D eigenvalue weighted by Crippen LogP contribution is 2.22. The van der Waals surface area contributed by atoms with E-state index < -0.39 is 5.97 Å². The van der Waals surface area contributed by atoms with Gasteiger partial charge in [-0.05, 0) is 20.0 Å². The molecule has 0 aromatic heterocycles. The van der Waals surface area contributed by atoms with Crippen LogP contribution in [0.4, 0.5) is 0 Å². The van der Waals surface area contributed by atoms with Gasteiger partial charge in [-0.15, -0.1) is 0 Å². The van der Waals surface area contributed by atoms with E-state index in [0.29, 0.717) is 13.0 Å². The molecular formula is C8H15NO3. The summed E-state index contributed by atoms with van der Waals surface area (Å²) < 4.78 is 0. The number of carboxylic acid groups (broad SMARTS) is 1. The molecule has 1 saturated heterocycles. The molecule has 0 aromatic rings. The van der Waals surface area contributed by atoms with Crippen molar-refractivity contribution in [3.05, 3.63) is 0 Å². The Labute approximate surface area is 71.8 Å². The van der Waals surface area contributed by atoms with Crippen molar-refractivity contribution in [1.82, 2.24) is 4.90 Å². The molecule has 1 aliphatic rings. The zero-order chi connectivity index (χ0) is 9.14. The standard InChI is InChI=1S/C8H15NO3/c1-9-3-2-7(8(11)12)6(4-9)5-10/h6-7,10H,2-5H2,1H3,(H,11,12). The van der Waals surface area contributed by atoms with E-state index >= 15 is 0 Å². The van der Waals surface area contributed by atoms with Crippen LogP contribution < -0.4 is 0 Å². The summed E-state index contributed by atoms with van der Waals surface area (Å²) in [6.07, 6.45) is 0.650. The first kappa shape index (κ1) is 9.48. The minimum Gasteiger partial charge on any atom is -0.481 e. The summed E-state index contributed by atoms with van der Waals surface area (Å²) in [5.74, 6) is -1.23. The third-order valence-corrected chi connectivity index (χ3v) is 2.49. The lowest BCUT2D eigenvalue weighted by molar-refractivity contribution is -0.146. The van der Waals surface area contributed by atoms with Crippen LogP contribution in [0.1, 0.15) is 6.42 Å². The largest absolute Gasteiger partial charge is 0.481 e. The number of hydrogen-bond acceptors (Lipinski definition) is 3. The lowest BCUT2D eigenvalue weighted by atomic mass is 9.86. The topological polar surface area (TPSA) is 60.8 Å². The number of likely N-dealkylation sites (tertiary alicyclic amines) is 1. The van der Waals surface area contributed by atoms with Gasteiger partial charge in [-0.25, -0.2) is 0 Å². The van der Waals surface area contributed by atoms with Crippen molar-refractivity contribution in [3.8, 4) is 0 Å². The van der Waals surface area contributed by atoms with E-state index in [-0.39, 0.29) is 18.4 Å². The van der Waals surface area contributed by atoms with Gasteiger partial charge in [-0.2, -0.15) is 0 Å². The highest BCUT2D eigenvalue weighted by atomic mass is 16.4. The van der Waals surface area contributed by atoms with E-state index in [9.17, 15) is 4.79 Å². The van der Waals surface area contributed by atoms with Crippen molar-refractivity contribution >= 4 is 5.97 Å². The third-order valence-electron chi connectivity index (χ3n) is 2.49. The van der Waals surface area contributed by atoms with E-state index in [4.69, 9.17) is 10.2 Å². The van der Waals surface area contributed by atoms with E-state index in [1.807, 2.05) is 7.05 Å². The van der Waals surface area contributed by atoms with E-state index in [0.717, 1.165) is 6.54 Å². The summed E-state index contributed by atoms with van der Waals surface area (Å²) in [6.45, 7) is 1.47. The van der Waals surface area contributed by atoms with Crippen LogP contribution in [0.5, 0.6) is 0 Å². The highest BCUT2D eigenvalue weighted by molar-refractivity contribution is 5.70. The average Bonchev–Trinajstić information content (AvgIpc) is 2.03. The molecule has 0 saturated carbocycles. The Morgan fingerprint density at radius 3 is 2.83 bits per heavy atom. The zero-order valence-corrected chi connectivity index (χ0v) is 7.23. The number of carboxylic acids is 1. The number of nitrogens with zero attached hydrogens (tertiary/aromatic N) is 1. The van der Waals surface area contributed by atoms with Gasteiger partial charge in [-0.1, -0.05) is 0 Å². The van der Waals surface area contributed by atoms with Gasteiger partial charge in [0.15, 0.2) is 0 Å². The summed E-state index contributed by atoms with van der Waals surface area (Å²) in [5.41, 5.74) is 0. The number of aliphatic hydroxyl groups is 1. The molecule has 2 atom stereocenters. The molecule has 0 aliphatic carbocycles. The number of aliphatic hydroxyl groups excluding tert-OH is 1. The maximum Gasteiger partial charge on any atom is 0.306 e. The molecular weight excluding hydrogens is 158 g/mol. The molecule has 1 fully saturated rings. The minimum atomic E-state index is -0.776. The summed E-state index contributed by atoms with van der Waals surface area (Å²) in [7, 11) is 1.95. The molecule has 2 N–H and O–H groups in total. The first-order valence-electron chi connectivity index (χ1n) is 4.17. The molecule has 1 heterocycles. The van der Waals surface area contributed by atoms with Gasteiger partial charge >= 0.3 is 5.97 Å². The molecule has 1 aliphatic heterocycles. The van der Waals surface area contributed by atoms with Crippen molar-refractivity contribution in [2.75, 3.05) is 26.7 Å². The number of aliphatic carboxylic acids is 1. The highest BCUT2D eigenvalue weighted by Gasteiger charge is 2.32. The fourth-order valence-electron chi connectivity index (χ4n) is 1.72. The van der Waals surface area contributed by atoms with Gasteiger partial charge in [0.25, 0.3) is 0 Å². The molecule has 4 nitrogen and oxygen atoms in total. The van der Waals surface area contributed by atoms with Gasteiger partial charge < -0.3 is 15.1 Å². The lowest BCUT2D eigenvalue weighted by Gasteiger charge is -2.33. The number of hydrogen-bond donors (Lipinski definition) is 2. The van der Waals surface area contributed by atoms with Gasteiger partial charge in [0, 0.05) is 19.1 Å². The normalized spacial score (nSPS) is 31.8.